The second-order valence-corrected chi connectivity index (χ2v) is 6.40. The van der Waals surface area contributed by atoms with Gasteiger partial charge in [-0.25, -0.2) is 4.79 Å². The molecule has 0 aliphatic rings. The fraction of sp³-hybridized carbons (Fsp3) is 0.286. The molecule has 0 amide bonds. The Morgan fingerprint density at radius 3 is 2.58 bits per heavy atom. The maximum atomic E-state index is 11.3. The number of benzene rings is 2. The van der Waals surface area contributed by atoms with Gasteiger partial charge in [0.25, 0.3) is 0 Å². The van der Waals surface area contributed by atoms with Gasteiger partial charge in [0.15, 0.2) is 6.10 Å². The van der Waals surface area contributed by atoms with Crippen molar-refractivity contribution in [2.24, 2.45) is 0 Å². The van der Waals surface area contributed by atoms with Gasteiger partial charge in [-0.2, -0.15) is 0 Å². The van der Waals surface area contributed by atoms with Crippen molar-refractivity contribution < 1.29 is 19.4 Å². The molecule has 4 nitrogen and oxygen atoms in total. The number of hydrogen-bond acceptors (Lipinski definition) is 3. The van der Waals surface area contributed by atoms with Gasteiger partial charge >= 0.3 is 5.97 Å². The Kier molecular flexibility index (Phi) is 7.53. The van der Waals surface area contributed by atoms with Crippen molar-refractivity contribution >= 4 is 17.6 Å². The predicted octanol–water partition coefficient (Wildman–Crippen LogP) is 4.19. The molecule has 1 N–H and O–H groups in total. The Hall–Kier alpha value is -2.48. The van der Waals surface area contributed by atoms with E-state index in [-0.39, 0.29) is 19.1 Å². The predicted molar refractivity (Wildman–Crippen MR) is 102 cm³/mol. The van der Waals surface area contributed by atoms with Crippen LogP contribution in [0.4, 0.5) is 0 Å². The highest BCUT2D eigenvalue weighted by Gasteiger charge is 2.20. The number of carboxylic acid groups (broad SMARTS) is 1. The third-order valence-corrected chi connectivity index (χ3v) is 3.67. The second-order valence-electron chi connectivity index (χ2n) is 5.96. The first-order valence-electron chi connectivity index (χ1n) is 8.28. The smallest absolute Gasteiger partial charge is 0.333 e. The zero-order chi connectivity index (χ0) is 18.9. The van der Waals surface area contributed by atoms with Gasteiger partial charge in [0.2, 0.25) is 0 Å². The van der Waals surface area contributed by atoms with Crippen molar-refractivity contribution in [3.63, 3.8) is 0 Å². The summed E-state index contributed by atoms with van der Waals surface area (Å²) in [6.07, 6.45) is -0.755. The first-order chi connectivity index (χ1) is 12.4. The number of aliphatic carboxylic acids is 1. The quantitative estimate of drug-likeness (QED) is 0.740. The van der Waals surface area contributed by atoms with E-state index in [0.717, 1.165) is 11.1 Å². The molecule has 2 aromatic rings. The van der Waals surface area contributed by atoms with E-state index in [4.69, 9.17) is 21.1 Å². The van der Waals surface area contributed by atoms with Crippen LogP contribution in [0.1, 0.15) is 25.0 Å². The van der Waals surface area contributed by atoms with Crippen LogP contribution in [0.5, 0.6) is 5.75 Å². The van der Waals surface area contributed by atoms with Crippen LogP contribution in [0.2, 0.25) is 5.02 Å². The van der Waals surface area contributed by atoms with Crippen LogP contribution in [0.15, 0.2) is 48.5 Å². The fourth-order valence-electron chi connectivity index (χ4n) is 2.29. The lowest BCUT2D eigenvalue weighted by Gasteiger charge is -2.16. The molecule has 1 atom stereocenters. The van der Waals surface area contributed by atoms with E-state index in [1.54, 1.807) is 12.1 Å². The summed E-state index contributed by atoms with van der Waals surface area (Å²) in [5, 5.41) is 9.94. The van der Waals surface area contributed by atoms with E-state index in [1.807, 2.05) is 50.2 Å². The molecule has 0 aliphatic carbocycles. The summed E-state index contributed by atoms with van der Waals surface area (Å²) in [6, 6.07) is 14.6. The van der Waals surface area contributed by atoms with Crippen molar-refractivity contribution in [2.75, 3.05) is 6.61 Å². The van der Waals surface area contributed by atoms with Crippen LogP contribution in [0.3, 0.4) is 0 Å². The molecule has 0 spiro atoms. The number of halogens is 1. The van der Waals surface area contributed by atoms with E-state index < -0.39 is 12.1 Å². The summed E-state index contributed by atoms with van der Waals surface area (Å²) >= 11 is 5.83. The lowest BCUT2D eigenvalue weighted by Crippen LogP contribution is -2.29. The molecular formula is C21H21ClO4. The van der Waals surface area contributed by atoms with Crippen molar-refractivity contribution in [2.45, 2.75) is 32.5 Å². The Bertz CT molecular complexity index is 788. The van der Waals surface area contributed by atoms with Gasteiger partial charge in [-0.05, 0) is 55.8 Å². The molecule has 2 aromatic carbocycles. The molecule has 0 aliphatic heterocycles. The van der Waals surface area contributed by atoms with E-state index in [2.05, 4.69) is 11.8 Å². The van der Waals surface area contributed by atoms with Crippen molar-refractivity contribution in [3.05, 3.63) is 64.7 Å². The van der Waals surface area contributed by atoms with Crippen molar-refractivity contribution in [3.8, 4) is 17.6 Å². The maximum Gasteiger partial charge on any atom is 0.333 e. The number of carboxylic acids is 1. The third kappa shape index (κ3) is 6.79. The van der Waals surface area contributed by atoms with Gasteiger partial charge in [0, 0.05) is 17.0 Å². The van der Waals surface area contributed by atoms with Crippen LogP contribution in [-0.2, 0) is 16.0 Å². The van der Waals surface area contributed by atoms with E-state index >= 15 is 0 Å². The van der Waals surface area contributed by atoms with Crippen LogP contribution >= 0.6 is 11.6 Å². The average Bonchev–Trinajstić information content (AvgIpc) is 2.59. The van der Waals surface area contributed by atoms with E-state index in [9.17, 15) is 9.90 Å². The molecule has 26 heavy (non-hydrogen) atoms. The fourth-order valence-corrected chi connectivity index (χ4v) is 2.42. The second kappa shape index (κ2) is 9.86. The molecule has 0 bridgehead atoms. The first-order valence-corrected chi connectivity index (χ1v) is 8.66. The van der Waals surface area contributed by atoms with Crippen LogP contribution in [-0.4, -0.2) is 29.9 Å². The number of hydrogen-bond donors (Lipinski definition) is 1. The van der Waals surface area contributed by atoms with Crippen LogP contribution in [0.25, 0.3) is 0 Å². The molecule has 0 saturated carbocycles. The molecule has 0 radical (unpaired) electrons. The highest BCUT2D eigenvalue weighted by molar-refractivity contribution is 6.30. The number of carbonyl (C=O) groups is 1. The zero-order valence-corrected chi connectivity index (χ0v) is 15.5. The van der Waals surface area contributed by atoms with E-state index in [0.29, 0.717) is 10.8 Å². The lowest BCUT2D eigenvalue weighted by molar-refractivity contribution is -0.153. The maximum absolute atomic E-state index is 11.3. The van der Waals surface area contributed by atoms with Gasteiger partial charge in [-0.1, -0.05) is 35.6 Å². The topological polar surface area (TPSA) is 55.8 Å². The Balaban J connectivity index is 1.94. The van der Waals surface area contributed by atoms with Crippen LogP contribution in [0, 0.1) is 11.8 Å². The monoisotopic (exact) mass is 372 g/mol. The molecule has 5 heteroatoms. The van der Waals surface area contributed by atoms with Gasteiger partial charge < -0.3 is 14.6 Å². The van der Waals surface area contributed by atoms with Crippen molar-refractivity contribution in [1.29, 1.82) is 0 Å². The Labute approximate surface area is 158 Å². The third-order valence-electron chi connectivity index (χ3n) is 3.42. The lowest BCUT2D eigenvalue weighted by atomic mass is 10.1. The molecule has 0 saturated heterocycles. The number of rotatable bonds is 7. The molecule has 0 aromatic heterocycles. The summed E-state index contributed by atoms with van der Waals surface area (Å²) < 4.78 is 11.1. The molecule has 1 unspecified atom stereocenters. The van der Waals surface area contributed by atoms with Crippen LogP contribution < -0.4 is 4.74 Å². The van der Waals surface area contributed by atoms with Gasteiger partial charge in [0.05, 0.1) is 6.10 Å². The molecule has 0 heterocycles. The van der Waals surface area contributed by atoms with Gasteiger partial charge in [0.1, 0.15) is 12.4 Å². The first kappa shape index (κ1) is 19.8. The summed E-state index contributed by atoms with van der Waals surface area (Å²) in [5.74, 6) is 5.60. The summed E-state index contributed by atoms with van der Waals surface area (Å²) in [6.45, 7) is 3.86. The SMILES string of the molecule is CC(C)OC(Cc1cccc(OCC#Cc2ccc(Cl)cc2)c1)C(=O)O. The Morgan fingerprint density at radius 2 is 1.92 bits per heavy atom. The average molecular weight is 373 g/mol. The minimum absolute atomic E-state index is 0.154. The van der Waals surface area contributed by atoms with Gasteiger partial charge in [-0.3, -0.25) is 0 Å². The van der Waals surface area contributed by atoms with Crippen molar-refractivity contribution in [1.82, 2.24) is 0 Å². The largest absolute Gasteiger partial charge is 0.481 e. The molecular weight excluding hydrogens is 352 g/mol. The Morgan fingerprint density at radius 1 is 1.19 bits per heavy atom. The standard InChI is InChI=1S/C21H21ClO4/c1-15(2)26-20(21(23)24)14-17-5-3-7-19(13-17)25-12-4-6-16-8-10-18(22)11-9-16/h3,5,7-11,13,15,20H,12,14H2,1-2H3,(H,23,24). The molecule has 2 rings (SSSR count). The summed E-state index contributed by atoms with van der Waals surface area (Å²) in [5.41, 5.74) is 1.70. The molecule has 136 valence electrons. The highest BCUT2D eigenvalue weighted by atomic mass is 35.5. The zero-order valence-electron chi connectivity index (χ0n) is 14.7. The highest BCUT2D eigenvalue weighted by Crippen LogP contribution is 2.16. The minimum Gasteiger partial charge on any atom is -0.481 e. The summed E-state index contributed by atoms with van der Waals surface area (Å²) in [4.78, 5) is 11.3. The molecule has 0 fully saturated rings. The number of ether oxygens (including phenoxy) is 2. The van der Waals surface area contributed by atoms with E-state index in [1.165, 1.54) is 0 Å². The minimum atomic E-state index is -0.973. The van der Waals surface area contributed by atoms with Gasteiger partial charge in [-0.15, -0.1) is 0 Å². The normalized spacial score (nSPS) is 11.5. The summed E-state index contributed by atoms with van der Waals surface area (Å²) in [7, 11) is 0.